The van der Waals surface area contributed by atoms with Crippen LogP contribution in [0, 0.1) is 0 Å². The van der Waals surface area contributed by atoms with Crippen LogP contribution < -0.4 is 0 Å². The molecule has 0 unspecified atom stereocenters. The van der Waals surface area contributed by atoms with E-state index < -0.39 is 8.32 Å². The van der Waals surface area contributed by atoms with Crippen molar-refractivity contribution in [2.45, 2.75) is 57.8 Å². The Hall–Kier alpha value is -0.413. The first-order valence-corrected chi connectivity index (χ1v) is 8.39. The summed E-state index contributed by atoms with van der Waals surface area (Å²) in [5, 5.41) is 0.155. The van der Waals surface area contributed by atoms with Crippen LogP contribution in [0.15, 0.2) is 12.7 Å². The van der Waals surface area contributed by atoms with Gasteiger partial charge < -0.3 is 9.22 Å². The van der Waals surface area contributed by atoms with Gasteiger partial charge in [-0.05, 0) is 31.0 Å². The Morgan fingerprint density at radius 1 is 1.40 bits per heavy atom. The molecule has 0 saturated carbocycles. The van der Waals surface area contributed by atoms with Crippen molar-refractivity contribution in [3.63, 3.8) is 0 Å². The third-order valence-corrected chi connectivity index (χ3v) is 7.56. The Morgan fingerprint density at radius 2 is 1.93 bits per heavy atom. The number of aldehydes is 1. The number of carbonyl (C=O) groups excluding carboxylic acids is 1. The van der Waals surface area contributed by atoms with Crippen LogP contribution in [0.3, 0.4) is 0 Å². The van der Waals surface area contributed by atoms with E-state index in [1.54, 1.807) is 0 Å². The molecule has 0 saturated heterocycles. The van der Waals surface area contributed by atoms with Crippen LogP contribution in [0.5, 0.6) is 0 Å². The average molecular weight is 228 g/mol. The molecular weight excluding hydrogens is 204 g/mol. The van der Waals surface area contributed by atoms with Gasteiger partial charge in [0.25, 0.3) is 0 Å². The van der Waals surface area contributed by atoms with Crippen molar-refractivity contribution in [3.8, 4) is 0 Å². The van der Waals surface area contributed by atoms with E-state index in [4.69, 9.17) is 4.43 Å². The summed E-state index contributed by atoms with van der Waals surface area (Å²) in [5.41, 5.74) is 0. The molecule has 0 radical (unpaired) electrons. The van der Waals surface area contributed by atoms with Gasteiger partial charge in [0.2, 0.25) is 0 Å². The maximum absolute atomic E-state index is 10.9. The first-order valence-electron chi connectivity index (χ1n) is 5.48. The fourth-order valence-corrected chi connectivity index (χ4v) is 2.28. The summed E-state index contributed by atoms with van der Waals surface area (Å²) in [5.74, 6) is 0. The van der Waals surface area contributed by atoms with Crippen LogP contribution in [0.2, 0.25) is 18.1 Å². The molecule has 0 aliphatic rings. The summed E-state index contributed by atoms with van der Waals surface area (Å²) >= 11 is 0. The van der Waals surface area contributed by atoms with Crippen molar-refractivity contribution in [2.75, 3.05) is 0 Å². The summed E-state index contributed by atoms with van der Waals surface area (Å²) in [6.07, 6.45) is 4.07. The molecule has 0 N–H and O–H groups in total. The Kier molecular flexibility index (Phi) is 5.46. The summed E-state index contributed by atoms with van der Waals surface area (Å²) in [6, 6.07) is 0. The summed E-state index contributed by atoms with van der Waals surface area (Å²) in [6.45, 7) is 14.5. The molecule has 0 aromatic rings. The van der Waals surface area contributed by atoms with Crippen molar-refractivity contribution in [1.82, 2.24) is 0 Å². The van der Waals surface area contributed by atoms with Gasteiger partial charge in [0, 0.05) is 0 Å². The van der Waals surface area contributed by atoms with Crippen molar-refractivity contribution in [3.05, 3.63) is 12.7 Å². The lowest BCUT2D eigenvalue weighted by molar-refractivity contribution is -0.114. The van der Waals surface area contributed by atoms with Crippen LogP contribution in [0.4, 0.5) is 0 Å². The second kappa shape index (κ2) is 5.61. The molecular formula is C12H24O2Si. The second-order valence-electron chi connectivity index (χ2n) is 5.42. The van der Waals surface area contributed by atoms with Crippen molar-refractivity contribution >= 4 is 14.6 Å². The van der Waals surface area contributed by atoms with Crippen LogP contribution in [-0.2, 0) is 9.22 Å². The molecule has 0 aliphatic carbocycles. The molecule has 2 nitrogen and oxygen atoms in total. The predicted octanol–water partition coefficient (Wildman–Crippen LogP) is 3.54. The molecule has 3 heteroatoms. The standard InChI is InChI=1S/C12H24O2Si/c1-7-8-9-11(10-13)14-15(5,6)12(2,3)4/h7,10-11H,1,8-9H2,2-6H3/t11-/m1/s1. The van der Waals surface area contributed by atoms with Crippen LogP contribution >= 0.6 is 0 Å². The molecule has 15 heavy (non-hydrogen) atoms. The van der Waals surface area contributed by atoms with Crippen molar-refractivity contribution < 1.29 is 9.22 Å². The molecule has 0 rings (SSSR count). The van der Waals surface area contributed by atoms with Crippen LogP contribution in [0.1, 0.15) is 33.6 Å². The van der Waals surface area contributed by atoms with E-state index in [0.717, 1.165) is 19.1 Å². The van der Waals surface area contributed by atoms with Gasteiger partial charge in [-0.15, -0.1) is 6.58 Å². The number of carbonyl (C=O) groups is 1. The molecule has 88 valence electrons. The maximum Gasteiger partial charge on any atom is 0.193 e. The largest absolute Gasteiger partial charge is 0.407 e. The monoisotopic (exact) mass is 228 g/mol. The van der Waals surface area contributed by atoms with Crippen molar-refractivity contribution in [2.24, 2.45) is 0 Å². The van der Waals surface area contributed by atoms with Gasteiger partial charge in [-0.1, -0.05) is 26.8 Å². The fraction of sp³-hybridized carbons (Fsp3) is 0.750. The highest BCUT2D eigenvalue weighted by Crippen LogP contribution is 2.37. The highest BCUT2D eigenvalue weighted by molar-refractivity contribution is 6.74. The Balaban J connectivity index is 4.39. The summed E-state index contributed by atoms with van der Waals surface area (Å²) < 4.78 is 5.98. The quantitative estimate of drug-likeness (QED) is 0.395. The minimum Gasteiger partial charge on any atom is -0.407 e. The SMILES string of the molecule is C=CCC[C@H](C=O)O[Si](C)(C)C(C)(C)C. The zero-order valence-corrected chi connectivity index (χ0v) is 11.7. The molecule has 1 atom stereocenters. The molecule has 0 bridgehead atoms. The first kappa shape index (κ1) is 14.6. The van der Waals surface area contributed by atoms with Gasteiger partial charge in [0.05, 0.1) is 0 Å². The number of hydrogen-bond acceptors (Lipinski definition) is 2. The number of hydrogen-bond donors (Lipinski definition) is 0. The second-order valence-corrected chi connectivity index (χ2v) is 10.2. The van der Waals surface area contributed by atoms with Crippen LogP contribution in [-0.4, -0.2) is 20.7 Å². The van der Waals surface area contributed by atoms with Crippen LogP contribution in [0.25, 0.3) is 0 Å². The molecule has 0 aromatic carbocycles. The van der Waals surface area contributed by atoms with E-state index in [0.29, 0.717) is 0 Å². The highest BCUT2D eigenvalue weighted by atomic mass is 28.4. The third kappa shape index (κ3) is 4.75. The molecule has 0 fully saturated rings. The lowest BCUT2D eigenvalue weighted by Crippen LogP contribution is -2.44. The zero-order chi connectivity index (χ0) is 12.1. The lowest BCUT2D eigenvalue weighted by atomic mass is 10.2. The fourth-order valence-electron chi connectivity index (χ4n) is 0.992. The Morgan fingerprint density at radius 3 is 2.27 bits per heavy atom. The third-order valence-electron chi connectivity index (χ3n) is 3.06. The first-order chi connectivity index (χ1) is 6.74. The van der Waals surface area contributed by atoms with Gasteiger partial charge >= 0.3 is 0 Å². The Labute approximate surface area is 94.8 Å². The number of allylic oxidation sites excluding steroid dienone is 1. The van der Waals surface area contributed by atoms with Gasteiger partial charge in [-0.3, -0.25) is 0 Å². The Bertz CT molecular complexity index is 216. The topological polar surface area (TPSA) is 26.3 Å². The van der Waals surface area contributed by atoms with E-state index in [-0.39, 0.29) is 11.1 Å². The van der Waals surface area contributed by atoms with Gasteiger partial charge in [-0.25, -0.2) is 0 Å². The van der Waals surface area contributed by atoms with E-state index in [1.165, 1.54) is 0 Å². The lowest BCUT2D eigenvalue weighted by Gasteiger charge is -2.38. The van der Waals surface area contributed by atoms with E-state index in [2.05, 4.69) is 40.4 Å². The minimum absolute atomic E-state index is 0.155. The predicted molar refractivity (Wildman–Crippen MR) is 67.6 cm³/mol. The molecule has 0 aliphatic heterocycles. The van der Waals surface area contributed by atoms with Crippen molar-refractivity contribution in [1.29, 1.82) is 0 Å². The van der Waals surface area contributed by atoms with Gasteiger partial charge in [0.15, 0.2) is 8.32 Å². The normalized spacial score (nSPS) is 14.7. The highest BCUT2D eigenvalue weighted by Gasteiger charge is 2.38. The summed E-state index contributed by atoms with van der Waals surface area (Å²) in [7, 11) is -1.80. The van der Waals surface area contributed by atoms with Gasteiger partial charge in [0.1, 0.15) is 12.4 Å². The van der Waals surface area contributed by atoms with E-state index >= 15 is 0 Å². The summed E-state index contributed by atoms with van der Waals surface area (Å²) in [4.78, 5) is 10.9. The maximum atomic E-state index is 10.9. The number of rotatable bonds is 6. The molecule has 0 spiro atoms. The van der Waals surface area contributed by atoms with Gasteiger partial charge in [-0.2, -0.15) is 0 Å². The average Bonchev–Trinajstić information content (AvgIpc) is 2.10. The van der Waals surface area contributed by atoms with E-state index in [1.807, 2.05) is 6.08 Å². The zero-order valence-electron chi connectivity index (χ0n) is 10.7. The minimum atomic E-state index is -1.80. The smallest absolute Gasteiger partial charge is 0.193 e. The molecule has 0 aromatic heterocycles. The molecule has 0 amide bonds. The van der Waals surface area contributed by atoms with E-state index in [9.17, 15) is 4.79 Å². The molecule has 0 heterocycles.